The highest BCUT2D eigenvalue weighted by molar-refractivity contribution is 7.94. The lowest BCUT2D eigenvalue weighted by molar-refractivity contribution is 0.282. The summed E-state index contributed by atoms with van der Waals surface area (Å²) in [6.07, 6.45) is 0.819. The summed E-state index contributed by atoms with van der Waals surface area (Å²) >= 11 is 1.28. The second kappa shape index (κ2) is 5.95. The third-order valence-corrected chi connectivity index (χ3v) is 6.07. The van der Waals surface area contributed by atoms with Crippen LogP contribution in [-0.2, 0) is 23.1 Å². The maximum absolute atomic E-state index is 12.3. The van der Waals surface area contributed by atoms with Gasteiger partial charge in [-0.3, -0.25) is 4.72 Å². The lowest BCUT2D eigenvalue weighted by Gasteiger charge is -2.10. The van der Waals surface area contributed by atoms with Gasteiger partial charge in [0.2, 0.25) is 0 Å². The summed E-state index contributed by atoms with van der Waals surface area (Å²) < 4.78 is 27.5. The minimum Gasteiger partial charge on any atom is -0.392 e. The van der Waals surface area contributed by atoms with Gasteiger partial charge in [0.25, 0.3) is 10.0 Å². The number of aliphatic hydroxyl groups is 1. The average molecular weight is 311 g/mol. The standard InChI is InChI=1S/C14H17NO3S2/c1-3-12-6-7-14(19-12)20(17,18)15-13-8-11(9-16)5-4-10(13)2/h4-8,15-16H,3,9H2,1-2H3. The molecular formula is C14H17NO3S2. The SMILES string of the molecule is CCc1ccc(S(=O)(=O)Nc2cc(CO)ccc2C)s1. The molecule has 0 aliphatic heterocycles. The zero-order valence-corrected chi connectivity index (χ0v) is 13.0. The van der Waals surface area contributed by atoms with E-state index in [0.717, 1.165) is 16.9 Å². The number of nitrogens with one attached hydrogen (secondary N) is 1. The van der Waals surface area contributed by atoms with E-state index in [9.17, 15) is 8.42 Å². The zero-order chi connectivity index (χ0) is 14.8. The first-order valence-electron chi connectivity index (χ1n) is 6.28. The van der Waals surface area contributed by atoms with Gasteiger partial charge in [-0.2, -0.15) is 0 Å². The summed E-state index contributed by atoms with van der Waals surface area (Å²) in [5.74, 6) is 0. The van der Waals surface area contributed by atoms with Crippen molar-refractivity contribution in [2.45, 2.75) is 31.1 Å². The van der Waals surface area contributed by atoms with Gasteiger partial charge in [0, 0.05) is 4.88 Å². The predicted octanol–water partition coefficient (Wildman–Crippen LogP) is 2.91. The Balaban J connectivity index is 2.32. The van der Waals surface area contributed by atoms with Gasteiger partial charge in [0.1, 0.15) is 4.21 Å². The van der Waals surface area contributed by atoms with E-state index in [0.29, 0.717) is 15.5 Å². The Labute approximate surface area is 123 Å². The van der Waals surface area contributed by atoms with Crippen LogP contribution >= 0.6 is 11.3 Å². The maximum atomic E-state index is 12.3. The normalized spacial score (nSPS) is 11.6. The summed E-state index contributed by atoms with van der Waals surface area (Å²) in [4.78, 5) is 1.03. The first-order valence-corrected chi connectivity index (χ1v) is 8.58. The monoisotopic (exact) mass is 311 g/mol. The molecule has 6 heteroatoms. The first kappa shape index (κ1) is 15.0. The predicted molar refractivity (Wildman–Crippen MR) is 81.6 cm³/mol. The van der Waals surface area contributed by atoms with Gasteiger partial charge in [0.15, 0.2) is 0 Å². The fraction of sp³-hybridized carbons (Fsp3) is 0.286. The van der Waals surface area contributed by atoms with Gasteiger partial charge in [0.05, 0.1) is 12.3 Å². The molecule has 108 valence electrons. The molecule has 2 N–H and O–H groups in total. The minimum atomic E-state index is -3.56. The second-order valence-electron chi connectivity index (χ2n) is 4.49. The van der Waals surface area contributed by atoms with Crippen LogP contribution in [0.5, 0.6) is 0 Å². The van der Waals surface area contributed by atoms with Crippen molar-refractivity contribution in [2.24, 2.45) is 0 Å². The van der Waals surface area contributed by atoms with Gasteiger partial charge >= 0.3 is 0 Å². The van der Waals surface area contributed by atoms with Crippen LogP contribution in [0.25, 0.3) is 0 Å². The molecule has 4 nitrogen and oxygen atoms in total. The number of aliphatic hydroxyl groups excluding tert-OH is 1. The van der Waals surface area contributed by atoms with Crippen molar-refractivity contribution in [3.63, 3.8) is 0 Å². The number of anilines is 1. The van der Waals surface area contributed by atoms with Crippen molar-refractivity contribution in [2.75, 3.05) is 4.72 Å². The molecule has 20 heavy (non-hydrogen) atoms. The van der Waals surface area contributed by atoms with E-state index in [2.05, 4.69) is 4.72 Å². The van der Waals surface area contributed by atoms with Gasteiger partial charge < -0.3 is 5.11 Å². The van der Waals surface area contributed by atoms with Crippen LogP contribution in [0.15, 0.2) is 34.5 Å². The molecule has 1 heterocycles. The van der Waals surface area contributed by atoms with Crippen LogP contribution in [-0.4, -0.2) is 13.5 Å². The van der Waals surface area contributed by atoms with Crippen LogP contribution in [0.4, 0.5) is 5.69 Å². The summed E-state index contributed by atoms with van der Waals surface area (Å²) in [6.45, 7) is 3.70. The molecule has 0 aliphatic rings. The Morgan fingerprint density at radius 2 is 2.00 bits per heavy atom. The highest BCUT2D eigenvalue weighted by Crippen LogP contribution is 2.26. The minimum absolute atomic E-state index is 0.117. The van der Waals surface area contributed by atoms with Gasteiger partial charge in [-0.1, -0.05) is 19.1 Å². The highest BCUT2D eigenvalue weighted by Gasteiger charge is 2.17. The Bertz CT molecular complexity index is 705. The molecule has 0 saturated carbocycles. The van der Waals surface area contributed by atoms with Crippen LogP contribution in [0, 0.1) is 6.92 Å². The fourth-order valence-corrected chi connectivity index (χ4v) is 4.18. The third-order valence-electron chi connectivity index (χ3n) is 2.98. The number of benzene rings is 1. The van der Waals surface area contributed by atoms with Crippen molar-refractivity contribution in [1.82, 2.24) is 0 Å². The van der Waals surface area contributed by atoms with E-state index in [4.69, 9.17) is 5.11 Å². The molecule has 0 spiro atoms. The number of hydrogen-bond acceptors (Lipinski definition) is 4. The van der Waals surface area contributed by atoms with Crippen molar-refractivity contribution >= 4 is 27.0 Å². The van der Waals surface area contributed by atoms with Crippen LogP contribution in [0.1, 0.15) is 22.9 Å². The van der Waals surface area contributed by atoms with E-state index in [-0.39, 0.29) is 6.61 Å². The molecule has 0 aliphatic carbocycles. The molecule has 1 aromatic heterocycles. The molecule has 0 fully saturated rings. The van der Waals surface area contributed by atoms with Gasteiger partial charge in [-0.15, -0.1) is 11.3 Å². The van der Waals surface area contributed by atoms with E-state index in [1.165, 1.54) is 11.3 Å². The molecule has 0 radical (unpaired) electrons. The summed E-state index contributed by atoms with van der Waals surface area (Å²) in [5, 5.41) is 9.13. The highest BCUT2D eigenvalue weighted by atomic mass is 32.2. The Kier molecular flexibility index (Phi) is 4.47. The van der Waals surface area contributed by atoms with Crippen LogP contribution in [0.3, 0.4) is 0 Å². The van der Waals surface area contributed by atoms with E-state index >= 15 is 0 Å². The van der Waals surface area contributed by atoms with Crippen molar-refractivity contribution < 1.29 is 13.5 Å². The number of thiophene rings is 1. The van der Waals surface area contributed by atoms with Gasteiger partial charge in [-0.05, 0) is 42.7 Å². The largest absolute Gasteiger partial charge is 0.392 e. The molecule has 1 aromatic carbocycles. The van der Waals surface area contributed by atoms with E-state index in [1.807, 2.05) is 19.9 Å². The number of hydrogen-bond donors (Lipinski definition) is 2. The first-order chi connectivity index (χ1) is 9.46. The summed E-state index contributed by atoms with van der Waals surface area (Å²) in [6, 6.07) is 8.66. The second-order valence-corrected chi connectivity index (χ2v) is 7.56. The quantitative estimate of drug-likeness (QED) is 0.892. The smallest absolute Gasteiger partial charge is 0.271 e. The van der Waals surface area contributed by atoms with Gasteiger partial charge in [-0.25, -0.2) is 8.42 Å². The Morgan fingerprint density at radius 3 is 2.60 bits per heavy atom. The zero-order valence-electron chi connectivity index (χ0n) is 11.4. The molecule has 0 bridgehead atoms. The Morgan fingerprint density at radius 1 is 1.25 bits per heavy atom. The molecule has 2 rings (SSSR count). The molecular weight excluding hydrogens is 294 g/mol. The lowest BCUT2D eigenvalue weighted by atomic mass is 10.1. The Hall–Kier alpha value is -1.37. The van der Waals surface area contributed by atoms with E-state index in [1.54, 1.807) is 24.3 Å². The lowest BCUT2D eigenvalue weighted by Crippen LogP contribution is -2.12. The van der Waals surface area contributed by atoms with Crippen LogP contribution < -0.4 is 4.72 Å². The third kappa shape index (κ3) is 3.20. The topological polar surface area (TPSA) is 66.4 Å². The number of rotatable bonds is 5. The summed E-state index contributed by atoms with van der Waals surface area (Å²) in [5.41, 5.74) is 2.00. The van der Waals surface area contributed by atoms with E-state index < -0.39 is 10.0 Å². The molecule has 0 atom stereocenters. The number of aryl methyl sites for hydroxylation is 2. The van der Waals surface area contributed by atoms with Crippen molar-refractivity contribution in [3.05, 3.63) is 46.3 Å². The molecule has 0 amide bonds. The maximum Gasteiger partial charge on any atom is 0.271 e. The molecule has 2 aromatic rings. The average Bonchev–Trinajstić information content (AvgIpc) is 2.91. The van der Waals surface area contributed by atoms with Crippen molar-refractivity contribution in [1.29, 1.82) is 0 Å². The van der Waals surface area contributed by atoms with Crippen LogP contribution in [0.2, 0.25) is 0 Å². The fourth-order valence-electron chi connectivity index (χ4n) is 1.77. The molecule has 0 saturated heterocycles. The number of sulfonamides is 1. The molecule has 0 unspecified atom stereocenters. The summed E-state index contributed by atoms with van der Waals surface area (Å²) in [7, 11) is -3.56. The van der Waals surface area contributed by atoms with Crippen molar-refractivity contribution in [3.8, 4) is 0 Å².